The first-order valence-electron chi connectivity index (χ1n) is 9.17. The Morgan fingerprint density at radius 1 is 1.16 bits per heavy atom. The van der Waals surface area contributed by atoms with Gasteiger partial charge in [0.05, 0.1) is 6.42 Å². The van der Waals surface area contributed by atoms with Gasteiger partial charge in [-0.25, -0.2) is 0 Å². The lowest BCUT2D eigenvalue weighted by atomic mass is 9.91. The second-order valence-corrected chi connectivity index (χ2v) is 8.27. The molecule has 0 spiro atoms. The van der Waals surface area contributed by atoms with Gasteiger partial charge in [-0.05, 0) is 51.8 Å². The molecule has 1 aliphatic rings. The number of nitrogens with one attached hydrogen (secondary N) is 1. The lowest BCUT2D eigenvalue weighted by molar-refractivity contribution is -0.120. The molecule has 3 rings (SSSR count). The molecule has 2 heterocycles. The van der Waals surface area contributed by atoms with Crippen LogP contribution in [0.25, 0.3) is 0 Å². The Morgan fingerprint density at radius 2 is 1.88 bits per heavy atom. The molecule has 2 aromatic rings. The second kappa shape index (κ2) is 8.63. The number of piperidine rings is 1. The Kier molecular flexibility index (Phi) is 6.27. The van der Waals surface area contributed by atoms with Crippen molar-refractivity contribution in [2.24, 2.45) is 11.8 Å². The predicted molar refractivity (Wildman–Crippen MR) is 105 cm³/mol. The van der Waals surface area contributed by atoms with Gasteiger partial charge in [-0.2, -0.15) is 11.3 Å². The molecule has 0 bridgehead atoms. The van der Waals surface area contributed by atoms with Crippen LogP contribution in [0.1, 0.15) is 37.0 Å². The van der Waals surface area contributed by atoms with Crippen LogP contribution < -0.4 is 5.32 Å². The van der Waals surface area contributed by atoms with Crippen LogP contribution in [0, 0.1) is 11.8 Å². The lowest BCUT2D eigenvalue weighted by Crippen LogP contribution is -2.38. The van der Waals surface area contributed by atoms with Crippen LogP contribution in [-0.4, -0.2) is 23.9 Å². The maximum absolute atomic E-state index is 12.2. The molecular formula is C21H28N2OS. The maximum Gasteiger partial charge on any atom is 0.224 e. The number of amides is 1. The highest BCUT2D eigenvalue weighted by atomic mass is 32.1. The largest absolute Gasteiger partial charge is 0.352 e. The normalized spacial score (nSPS) is 21.2. The summed E-state index contributed by atoms with van der Waals surface area (Å²) in [5.74, 6) is 1.62. The van der Waals surface area contributed by atoms with Crippen molar-refractivity contribution in [2.45, 2.75) is 39.8 Å². The van der Waals surface area contributed by atoms with E-state index in [1.165, 1.54) is 30.6 Å². The average Bonchev–Trinajstić information content (AvgIpc) is 3.06. The van der Waals surface area contributed by atoms with Gasteiger partial charge >= 0.3 is 0 Å². The van der Waals surface area contributed by atoms with Gasteiger partial charge in [0.1, 0.15) is 0 Å². The minimum Gasteiger partial charge on any atom is -0.352 e. The molecule has 1 aromatic heterocycles. The zero-order valence-corrected chi connectivity index (χ0v) is 16.0. The van der Waals surface area contributed by atoms with E-state index in [9.17, 15) is 4.79 Å². The summed E-state index contributed by atoms with van der Waals surface area (Å²) in [4.78, 5) is 14.7. The molecule has 2 atom stereocenters. The summed E-state index contributed by atoms with van der Waals surface area (Å²) in [5, 5.41) is 7.13. The lowest BCUT2D eigenvalue weighted by Gasteiger charge is -2.35. The zero-order valence-electron chi connectivity index (χ0n) is 15.2. The van der Waals surface area contributed by atoms with Crippen molar-refractivity contribution in [3.05, 3.63) is 57.8 Å². The number of benzene rings is 1. The summed E-state index contributed by atoms with van der Waals surface area (Å²) in [5.41, 5.74) is 3.65. The number of nitrogens with zero attached hydrogens (tertiary/aromatic N) is 1. The summed E-state index contributed by atoms with van der Waals surface area (Å²) in [7, 11) is 0. The number of thiophene rings is 1. The molecule has 1 amide bonds. The van der Waals surface area contributed by atoms with Crippen LogP contribution >= 0.6 is 11.3 Å². The van der Waals surface area contributed by atoms with Crippen molar-refractivity contribution < 1.29 is 4.79 Å². The molecule has 1 fully saturated rings. The van der Waals surface area contributed by atoms with E-state index in [1.54, 1.807) is 11.3 Å². The maximum atomic E-state index is 12.2. The van der Waals surface area contributed by atoms with Crippen LogP contribution in [0.15, 0.2) is 41.1 Å². The molecular weight excluding hydrogens is 328 g/mol. The molecule has 0 aliphatic carbocycles. The molecule has 134 valence electrons. The third-order valence-corrected chi connectivity index (χ3v) is 5.61. The first-order chi connectivity index (χ1) is 12.1. The SMILES string of the molecule is CC1CC(C)CN(Cc2ccccc2CNC(=O)Cc2ccsc2)C1. The molecule has 0 saturated carbocycles. The van der Waals surface area contributed by atoms with Gasteiger partial charge in [0.2, 0.25) is 5.91 Å². The van der Waals surface area contributed by atoms with E-state index in [0.29, 0.717) is 13.0 Å². The highest BCUT2D eigenvalue weighted by Crippen LogP contribution is 2.23. The average molecular weight is 357 g/mol. The minimum atomic E-state index is 0.0911. The topological polar surface area (TPSA) is 32.3 Å². The van der Waals surface area contributed by atoms with E-state index in [4.69, 9.17) is 0 Å². The van der Waals surface area contributed by atoms with Crippen molar-refractivity contribution in [3.63, 3.8) is 0 Å². The third kappa shape index (κ3) is 5.41. The van der Waals surface area contributed by atoms with E-state index in [-0.39, 0.29) is 5.91 Å². The van der Waals surface area contributed by atoms with Gasteiger partial charge in [0.25, 0.3) is 0 Å². The third-order valence-electron chi connectivity index (χ3n) is 4.88. The quantitative estimate of drug-likeness (QED) is 0.846. The number of hydrogen-bond acceptors (Lipinski definition) is 3. The van der Waals surface area contributed by atoms with Crippen LogP contribution in [0.5, 0.6) is 0 Å². The first kappa shape index (κ1) is 18.2. The fraction of sp³-hybridized carbons (Fsp3) is 0.476. The van der Waals surface area contributed by atoms with Gasteiger partial charge in [0, 0.05) is 26.2 Å². The van der Waals surface area contributed by atoms with E-state index in [0.717, 1.165) is 23.9 Å². The zero-order chi connectivity index (χ0) is 17.6. The van der Waals surface area contributed by atoms with Crippen molar-refractivity contribution in [2.75, 3.05) is 13.1 Å². The molecule has 1 saturated heterocycles. The van der Waals surface area contributed by atoms with Crippen LogP contribution in [0.4, 0.5) is 0 Å². The van der Waals surface area contributed by atoms with Crippen LogP contribution in [0.3, 0.4) is 0 Å². The number of hydrogen-bond donors (Lipinski definition) is 1. The van der Waals surface area contributed by atoms with Crippen molar-refractivity contribution >= 4 is 17.2 Å². The van der Waals surface area contributed by atoms with Gasteiger partial charge in [-0.1, -0.05) is 38.1 Å². The minimum absolute atomic E-state index is 0.0911. The molecule has 4 heteroatoms. The van der Waals surface area contributed by atoms with Gasteiger partial charge in [0.15, 0.2) is 0 Å². The molecule has 2 unspecified atom stereocenters. The first-order valence-corrected chi connectivity index (χ1v) is 10.1. The highest BCUT2D eigenvalue weighted by Gasteiger charge is 2.22. The van der Waals surface area contributed by atoms with Gasteiger partial charge in [-0.15, -0.1) is 0 Å². The fourth-order valence-electron chi connectivity index (χ4n) is 3.88. The van der Waals surface area contributed by atoms with Gasteiger partial charge < -0.3 is 5.32 Å². The molecule has 25 heavy (non-hydrogen) atoms. The van der Waals surface area contributed by atoms with Gasteiger partial charge in [-0.3, -0.25) is 9.69 Å². The number of carbonyl (C=O) groups excluding carboxylic acids is 1. The smallest absolute Gasteiger partial charge is 0.224 e. The second-order valence-electron chi connectivity index (χ2n) is 7.49. The summed E-state index contributed by atoms with van der Waals surface area (Å²) in [6.45, 7) is 8.62. The molecule has 1 N–H and O–H groups in total. The van der Waals surface area contributed by atoms with E-state index < -0.39 is 0 Å². The number of carbonyl (C=O) groups is 1. The molecule has 0 radical (unpaired) electrons. The van der Waals surface area contributed by atoms with Crippen LogP contribution in [0.2, 0.25) is 0 Å². The van der Waals surface area contributed by atoms with Crippen molar-refractivity contribution in [3.8, 4) is 0 Å². The number of likely N-dealkylation sites (tertiary alicyclic amines) is 1. The van der Waals surface area contributed by atoms with Crippen molar-refractivity contribution in [1.29, 1.82) is 0 Å². The Morgan fingerprint density at radius 3 is 2.56 bits per heavy atom. The fourth-order valence-corrected chi connectivity index (χ4v) is 4.55. The highest BCUT2D eigenvalue weighted by molar-refractivity contribution is 7.07. The van der Waals surface area contributed by atoms with E-state index >= 15 is 0 Å². The van der Waals surface area contributed by atoms with E-state index in [1.807, 2.05) is 16.8 Å². The molecule has 3 nitrogen and oxygen atoms in total. The summed E-state index contributed by atoms with van der Waals surface area (Å²) in [6, 6.07) is 10.5. The molecule has 1 aliphatic heterocycles. The predicted octanol–water partition coefficient (Wildman–Crippen LogP) is 4.08. The Labute approximate surface area is 155 Å². The number of rotatable bonds is 6. The Hall–Kier alpha value is -1.65. The Bertz CT molecular complexity index is 673. The van der Waals surface area contributed by atoms with Crippen molar-refractivity contribution in [1.82, 2.24) is 10.2 Å². The summed E-state index contributed by atoms with van der Waals surface area (Å²) < 4.78 is 0. The molecule has 1 aromatic carbocycles. The Balaban J connectivity index is 1.58. The standard InChI is InChI=1S/C21H28N2OS/c1-16-9-17(2)13-23(12-16)14-20-6-4-3-5-19(20)11-22-21(24)10-18-7-8-25-15-18/h3-8,15-17H,9-14H2,1-2H3,(H,22,24). The van der Waals surface area contributed by atoms with Crippen LogP contribution in [-0.2, 0) is 24.3 Å². The monoisotopic (exact) mass is 356 g/mol. The summed E-state index contributed by atoms with van der Waals surface area (Å²) in [6.07, 6.45) is 1.80. The van der Waals surface area contributed by atoms with E-state index in [2.05, 4.69) is 48.3 Å². The summed E-state index contributed by atoms with van der Waals surface area (Å²) >= 11 is 1.63.